The first-order valence-electron chi connectivity index (χ1n) is 14.4. The van der Waals surface area contributed by atoms with Gasteiger partial charge in [0.25, 0.3) is 0 Å². The molecule has 0 aliphatic heterocycles. The number of amides is 4. The van der Waals surface area contributed by atoms with Crippen molar-refractivity contribution in [3.63, 3.8) is 0 Å². The molecular formula is C32H39N5O8S. The van der Waals surface area contributed by atoms with Crippen LogP contribution in [-0.4, -0.2) is 57.3 Å². The van der Waals surface area contributed by atoms with Gasteiger partial charge in [0.1, 0.15) is 23.3 Å². The van der Waals surface area contributed by atoms with Crippen molar-refractivity contribution in [2.75, 3.05) is 10.6 Å². The number of rotatable bonds is 10. The van der Waals surface area contributed by atoms with E-state index in [0.717, 1.165) is 16.9 Å². The van der Waals surface area contributed by atoms with Gasteiger partial charge in [0.15, 0.2) is 10.8 Å². The van der Waals surface area contributed by atoms with E-state index in [4.69, 9.17) is 9.47 Å². The number of benzene rings is 2. The van der Waals surface area contributed by atoms with Crippen LogP contribution >= 0.6 is 11.3 Å². The molecule has 246 valence electrons. The van der Waals surface area contributed by atoms with Crippen LogP contribution in [0.3, 0.4) is 0 Å². The number of carbonyl (C=O) groups excluding carboxylic acids is 4. The van der Waals surface area contributed by atoms with Gasteiger partial charge in [-0.1, -0.05) is 49.4 Å². The van der Waals surface area contributed by atoms with E-state index >= 15 is 0 Å². The number of aromatic carboxylic acids is 1. The summed E-state index contributed by atoms with van der Waals surface area (Å²) in [6.07, 6.45) is -1.54. The largest absolute Gasteiger partial charge is 0.476 e. The molecule has 0 bridgehead atoms. The van der Waals surface area contributed by atoms with Crippen LogP contribution in [0, 0.1) is 0 Å². The van der Waals surface area contributed by atoms with Crippen LogP contribution in [-0.2, 0) is 19.1 Å². The molecule has 1 aromatic heterocycles. The minimum Gasteiger partial charge on any atom is -0.476 e. The van der Waals surface area contributed by atoms with Gasteiger partial charge in [-0.3, -0.25) is 14.9 Å². The molecule has 0 saturated carbocycles. The molecule has 3 atom stereocenters. The Morgan fingerprint density at radius 2 is 1.35 bits per heavy atom. The van der Waals surface area contributed by atoms with E-state index in [0.29, 0.717) is 11.3 Å². The molecule has 0 spiro atoms. The maximum absolute atomic E-state index is 13.9. The predicted octanol–water partition coefficient (Wildman–Crippen LogP) is 5.68. The summed E-state index contributed by atoms with van der Waals surface area (Å²) in [7, 11) is 0. The van der Waals surface area contributed by atoms with Gasteiger partial charge in [-0.05, 0) is 64.8 Å². The molecule has 5 N–H and O–H groups in total. The van der Waals surface area contributed by atoms with Gasteiger partial charge in [0.2, 0.25) is 11.8 Å². The molecular weight excluding hydrogens is 614 g/mol. The second-order valence-corrected chi connectivity index (χ2v) is 13.2. The van der Waals surface area contributed by atoms with Crippen LogP contribution in [0.15, 0.2) is 60.0 Å². The highest BCUT2D eigenvalue weighted by Crippen LogP contribution is 2.24. The second kappa shape index (κ2) is 14.9. The number of nitrogens with one attached hydrogen (secondary N) is 4. The highest BCUT2D eigenvalue weighted by molar-refractivity contribution is 7.14. The van der Waals surface area contributed by atoms with Gasteiger partial charge in [0.05, 0.1) is 0 Å². The van der Waals surface area contributed by atoms with Crippen molar-refractivity contribution in [1.82, 2.24) is 15.6 Å². The summed E-state index contributed by atoms with van der Waals surface area (Å²) in [5, 5.41) is 21.1. The van der Waals surface area contributed by atoms with Crippen LogP contribution in [0.2, 0.25) is 0 Å². The van der Waals surface area contributed by atoms with Crippen molar-refractivity contribution in [2.24, 2.45) is 0 Å². The third-order valence-electron chi connectivity index (χ3n) is 6.17. The number of carbonyl (C=O) groups is 5. The van der Waals surface area contributed by atoms with Crippen molar-refractivity contribution in [3.8, 4) is 0 Å². The molecule has 0 radical (unpaired) electrons. The van der Waals surface area contributed by atoms with Crippen molar-refractivity contribution in [2.45, 2.75) is 77.7 Å². The summed E-state index contributed by atoms with van der Waals surface area (Å²) in [4.78, 5) is 67.8. The van der Waals surface area contributed by atoms with Gasteiger partial charge in [0, 0.05) is 17.0 Å². The topological polar surface area (TPSA) is 185 Å². The van der Waals surface area contributed by atoms with Crippen LogP contribution < -0.4 is 21.3 Å². The minimum atomic E-state index is -1.32. The van der Waals surface area contributed by atoms with E-state index in [1.165, 1.54) is 29.6 Å². The van der Waals surface area contributed by atoms with Crippen molar-refractivity contribution < 1.29 is 38.6 Å². The van der Waals surface area contributed by atoms with E-state index < -0.39 is 59.2 Å². The Morgan fingerprint density at radius 3 is 1.89 bits per heavy atom. The summed E-state index contributed by atoms with van der Waals surface area (Å²) < 4.78 is 10.7. The molecule has 46 heavy (non-hydrogen) atoms. The smallest absolute Gasteiger partial charge is 0.412 e. The molecule has 0 unspecified atom stereocenters. The van der Waals surface area contributed by atoms with Gasteiger partial charge in [-0.25, -0.2) is 19.4 Å². The number of carboxylic acid groups (broad SMARTS) is 1. The number of ether oxygens (including phenoxy) is 2. The lowest BCUT2D eigenvalue weighted by Crippen LogP contribution is -2.51. The summed E-state index contributed by atoms with van der Waals surface area (Å²) in [6.45, 7) is 12.0. The lowest BCUT2D eigenvalue weighted by molar-refractivity contribution is -0.128. The Hall–Kier alpha value is -4.98. The summed E-state index contributed by atoms with van der Waals surface area (Å²) in [5.74, 6) is -3.19. The minimum absolute atomic E-state index is 0.0402. The molecule has 2 aromatic carbocycles. The van der Waals surface area contributed by atoms with E-state index in [2.05, 4.69) is 26.3 Å². The SMILES string of the molecule is C[C@@H](c1ccccc1)[C@H](NC(=O)[C@H](NC(=O)OC(C)(C)C)c1ccc(NC(=O)OC(C)(C)C)cc1)C(=O)Nc1nc(C(=O)O)cs1. The molecule has 0 aliphatic rings. The summed E-state index contributed by atoms with van der Waals surface area (Å²) in [5.41, 5.74) is -0.350. The van der Waals surface area contributed by atoms with Gasteiger partial charge in [-0.2, -0.15) is 0 Å². The normalized spacial score (nSPS) is 13.4. The van der Waals surface area contributed by atoms with Gasteiger partial charge in [-0.15, -0.1) is 11.3 Å². The van der Waals surface area contributed by atoms with Crippen LogP contribution in [0.4, 0.5) is 20.4 Å². The first-order chi connectivity index (χ1) is 21.4. The Labute approximate surface area is 271 Å². The molecule has 4 amide bonds. The number of aromatic nitrogens is 1. The lowest BCUT2D eigenvalue weighted by Gasteiger charge is -2.28. The van der Waals surface area contributed by atoms with Crippen molar-refractivity contribution >= 4 is 52.1 Å². The highest BCUT2D eigenvalue weighted by atomic mass is 32.1. The average Bonchev–Trinajstić information content (AvgIpc) is 3.42. The Bertz CT molecular complexity index is 1540. The van der Waals surface area contributed by atoms with Crippen molar-refractivity contribution in [3.05, 3.63) is 76.8 Å². The van der Waals surface area contributed by atoms with Gasteiger partial charge < -0.3 is 30.5 Å². The molecule has 13 nitrogen and oxygen atoms in total. The zero-order valence-corrected chi connectivity index (χ0v) is 27.5. The number of anilines is 2. The van der Waals surface area contributed by atoms with E-state index in [1.54, 1.807) is 72.7 Å². The number of carboxylic acids is 1. The fourth-order valence-corrected chi connectivity index (χ4v) is 4.81. The lowest BCUT2D eigenvalue weighted by atomic mass is 9.92. The number of hydrogen-bond donors (Lipinski definition) is 5. The quantitative estimate of drug-likeness (QED) is 0.184. The highest BCUT2D eigenvalue weighted by Gasteiger charge is 2.33. The van der Waals surface area contributed by atoms with Crippen LogP contribution in [0.25, 0.3) is 0 Å². The van der Waals surface area contributed by atoms with Crippen LogP contribution in [0.1, 0.15) is 82.0 Å². The van der Waals surface area contributed by atoms with Crippen molar-refractivity contribution in [1.29, 1.82) is 0 Å². The predicted molar refractivity (Wildman–Crippen MR) is 173 cm³/mol. The number of nitrogens with zero attached hydrogens (tertiary/aromatic N) is 1. The summed E-state index contributed by atoms with van der Waals surface area (Å²) in [6, 6.07) is 12.7. The molecule has 0 saturated heterocycles. The fraction of sp³-hybridized carbons (Fsp3) is 0.375. The number of thiazole rings is 1. The first-order valence-corrected chi connectivity index (χ1v) is 15.2. The Kier molecular flexibility index (Phi) is 11.5. The molecule has 3 aromatic rings. The van der Waals surface area contributed by atoms with E-state index in [-0.39, 0.29) is 10.8 Å². The second-order valence-electron chi connectivity index (χ2n) is 12.3. The standard InChI is InChI=1S/C32H39N5O8S/c1-18(19-11-9-8-10-12-19)23(25(38)37-28-34-22(17-46-28)27(40)41)35-26(39)24(36-30(43)45-32(5,6)7)20-13-15-21(16-14-20)33-29(42)44-31(2,3)4/h8-18,23-24H,1-7H3,(H,33,42)(H,35,39)(H,36,43)(H,40,41)(H,34,37,38)/t18-,23-,24+/m0/s1. The molecule has 0 aliphatic carbocycles. The molecule has 3 rings (SSSR count). The Morgan fingerprint density at radius 1 is 0.761 bits per heavy atom. The third-order valence-corrected chi connectivity index (χ3v) is 6.93. The average molecular weight is 654 g/mol. The van der Waals surface area contributed by atoms with Crippen LogP contribution in [0.5, 0.6) is 0 Å². The monoisotopic (exact) mass is 653 g/mol. The van der Waals surface area contributed by atoms with Gasteiger partial charge >= 0.3 is 18.2 Å². The Balaban J connectivity index is 1.92. The molecule has 0 fully saturated rings. The fourth-order valence-electron chi connectivity index (χ4n) is 4.12. The first kappa shape index (κ1) is 35.5. The zero-order chi connectivity index (χ0) is 34.2. The third kappa shape index (κ3) is 10.9. The maximum atomic E-state index is 13.9. The maximum Gasteiger partial charge on any atom is 0.412 e. The molecule has 1 heterocycles. The number of hydrogen-bond acceptors (Lipinski definition) is 9. The molecule has 14 heteroatoms. The number of alkyl carbamates (subject to hydrolysis) is 1. The van der Waals surface area contributed by atoms with E-state index in [9.17, 15) is 29.1 Å². The zero-order valence-electron chi connectivity index (χ0n) is 26.7. The van der Waals surface area contributed by atoms with E-state index in [1.807, 2.05) is 6.07 Å². The summed E-state index contributed by atoms with van der Waals surface area (Å²) >= 11 is 0.926.